The molecule has 0 spiro atoms. The van der Waals surface area contributed by atoms with E-state index in [0.29, 0.717) is 29.4 Å². The van der Waals surface area contributed by atoms with E-state index >= 15 is 0 Å². The Kier molecular flexibility index (Phi) is 6.86. The highest BCUT2D eigenvalue weighted by atomic mass is 16.5. The van der Waals surface area contributed by atoms with E-state index in [1.807, 2.05) is 49.3 Å². The van der Waals surface area contributed by atoms with Gasteiger partial charge in [-0.25, -0.2) is 0 Å². The van der Waals surface area contributed by atoms with Crippen molar-refractivity contribution in [2.45, 2.75) is 6.04 Å². The molecule has 0 aliphatic rings. The Morgan fingerprint density at radius 1 is 0.962 bits per heavy atom. The molecule has 0 saturated heterocycles. The number of carbonyl (C=O) groups is 1. The molecule has 2 rings (SSSR count). The van der Waals surface area contributed by atoms with Crippen molar-refractivity contribution in [2.75, 3.05) is 42.0 Å². The number of nitrogens with one attached hydrogen (secondary N) is 1. The van der Waals surface area contributed by atoms with Gasteiger partial charge in [-0.3, -0.25) is 4.79 Å². The van der Waals surface area contributed by atoms with Gasteiger partial charge in [-0.15, -0.1) is 0 Å². The van der Waals surface area contributed by atoms with Gasteiger partial charge in [0.25, 0.3) is 5.91 Å². The van der Waals surface area contributed by atoms with Crippen LogP contribution >= 0.6 is 0 Å². The molecule has 0 saturated carbocycles. The Morgan fingerprint density at radius 2 is 1.62 bits per heavy atom. The average molecular weight is 358 g/mol. The van der Waals surface area contributed by atoms with Crippen LogP contribution in [0.1, 0.15) is 22.0 Å². The first-order valence-electron chi connectivity index (χ1n) is 8.31. The lowest BCUT2D eigenvalue weighted by Gasteiger charge is -2.26. The minimum atomic E-state index is -0.172. The molecule has 2 aromatic rings. The standard InChI is InChI=1S/C20H26N2O4/c1-22(2)16(14-10-11-18(25-4)19(12-14)26-5)13-21-20(23)15-8-6-7-9-17(15)24-3/h6-12,16H,13H2,1-5H3,(H,21,23). The summed E-state index contributed by atoms with van der Waals surface area (Å²) in [7, 11) is 8.70. The van der Waals surface area contributed by atoms with Crippen LogP contribution in [-0.2, 0) is 0 Å². The predicted molar refractivity (Wildman–Crippen MR) is 101 cm³/mol. The molecule has 2 aromatic carbocycles. The Labute approximate surface area is 154 Å². The first-order valence-corrected chi connectivity index (χ1v) is 8.31. The second-order valence-corrected chi connectivity index (χ2v) is 6.00. The number of likely N-dealkylation sites (N-methyl/N-ethyl adjacent to an activating group) is 1. The van der Waals surface area contributed by atoms with Crippen LogP contribution in [0.3, 0.4) is 0 Å². The zero-order valence-electron chi connectivity index (χ0n) is 15.9. The fourth-order valence-electron chi connectivity index (χ4n) is 2.78. The molecule has 6 nitrogen and oxygen atoms in total. The fourth-order valence-corrected chi connectivity index (χ4v) is 2.78. The van der Waals surface area contributed by atoms with Gasteiger partial charge in [0.2, 0.25) is 0 Å². The molecule has 0 bridgehead atoms. The Bertz CT molecular complexity index is 746. The number of benzene rings is 2. The number of ether oxygens (including phenoxy) is 3. The van der Waals surface area contributed by atoms with Crippen LogP contribution in [0.2, 0.25) is 0 Å². The van der Waals surface area contributed by atoms with Crippen LogP contribution < -0.4 is 19.5 Å². The number of methoxy groups -OCH3 is 3. The largest absolute Gasteiger partial charge is 0.496 e. The number of hydrogen-bond acceptors (Lipinski definition) is 5. The molecule has 26 heavy (non-hydrogen) atoms. The third-order valence-electron chi connectivity index (χ3n) is 4.22. The molecular formula is C20H26N2O4. The molecular weight excluding hydrogens is 332 g/mol. The summed E-state index contributed by atoms with van der Waals surface area (Å²) in [6.45, 7) is 0.444. The number of hydrogen-bond donors (Lipinski definition) is 1. The molecule has 0 heterocycles. The number of para-hydroxylation sites is 1. The van der Waals surface area contributed by atoms with E-state index in [2.05, 4.69) is 5.32 Å². The quantitative estimate of drug-likeness (QED) is 0.786. The topological polar surface area (TPSA) is 60.0 Å². The van der Waals surface area contributed by atoms with E-state index in [0.717, 1.165) is 5.56 Å². The molecule has 0 radical (unpaired) electrons. The maximum atomic E-state index is 12.6. The lowest BCUT2D eigenvalue weighted by Crippen LogP contribution is -2.34. The van der Waals surface area contributed by atoms with Gasteiger partial charge in [-0.05, 0) is 43.9 Å². The van der Waals surface area contributed by atoms with Gasteiger partial charge in [0.05, 0.1) is 32.9 Å². The first kappa shape index (κ1) is 19.6. The molecule has 0 aromatic heterocycles. The minimum Gasteiger partial charge on any atom is -0.496 e. The van der Waals surface area contributed by atoms with Crippen LogP contribution in [0, 0.1) is 0 Å². The van der Waals surface area contributed by atoms with Crippen molar-refractivity contribution in [3.05, 3.63) is 53.6 Å². The summed E-state index contributed by atoms with van der Waals surface area (Å²) in [5, 5.41) is 2.99. The molecule has 0 fully saturated rings. The van der Waals surface area contributed by atoms with Crippen LogP contribution in [0.25, 0.3) is 0 Å². The van der Waals surface area contributed by atoms with Crippen LogP contribution in [0.5, 0.6) is 17.2 Å². The van der Waals surface area contributed by atoms with Gasteiger partial charge in [-0.2, -0.15) is 0 Å². The van der Waals surface area contributed by atoms with Crippen LogP contribution in [0.4, 0.5) is 0 Å². The number of carbonyl (C=O) groups excluding carboxylic acids is 1. The maximum Gasteiger partial charge on any atom is 0.255 e. The van der Waals surface area contributed by atoms with E-state index in [4.69, 9.17) is 14.2 Å². The van der Waals surface area contributed by atoms with Gasteiger partial charge < -0.3 is 24.4 Å². The summed E-state index contributed by atoms with van der Waals surface area (Å²) >= 11 is 0. The molecule has 1 unspecified atom stereocenters. The molecule has 0 aliphatic heterocycles. The zero-order chi connectivity index (χ0) is 19.1. The lowest BCUT2D eigenvalue weighted by molar-refractivity contribution is 0.0939. The average Bonchev–Trinajstić information content (AvgIpc) is 2.67. The van der Waals surface area contributed by atoms with E-state index in [-0.39, 0.29) is 11.9 Å². The van der Waals surface area contributed by atoms with Gasteiger partial charge in [-0.1, -0.05) is 18.2 Å². The smallest absolute Gasteiger partial charge is 0.255 e. The molecule has 1 amide bonds. The molecule has 1 N–H and O–H groups in total. The highest BCUT2D eigenvalue weighted by Crippen LogP contribution is 2.31. The summed E-state index contributed by atoms with van der Waals surface area (Å²) in [5.41, 5.74) is 1.53. The maximum absolute atomic E-state index is 12.6. The second-order valence-electron chi connectivity index (χ2n) is 6.00. The SMILES string of the molecule is COc1ccc(C(CNC(=O)c2ccccc2OC)N(C)C)cc1OC. The van der Waals surface area contributed by atoms with Crippen molar-refractivity contribution < 1.29 is 19.0 Å². The van der Waals surface area contributed by atoms with Crippen molar-refractivity contribution in [1.82, 2.24) is 10.2 Å². The molecule has 140 valence electrons. The summed E-state index contributed by atoms with van der Waals surface area (Å²) < 4.78 is 15.9. The fraction of sp³-hybridized carbons (Fsp3) is 0.350. The van der Waals surface area contributed by atoms with Crippen molar-refractivity contribution in [1.29, 1.82) is 0 Å². The van der Waals surface area contributed by atoms with Crippen molar-refractivity contribution >= 4 is 5.91 Å². The van der Waals surface area contributed by atoms with Crippen molar-refractivity contribution in [2.24, 2.45) is 0 Å². The van der Waals surface area contributed by atoms with Gasteiger partial charge in [0, 0.05) is 6.54 Å². The number of nitrogens with zero attached hydrogens (tertiary/aromatic N) is 1. The Hall–Kier alpha value is -2.73. The number of rotatable bonds is 8. The highest BCUT2D eigenvalue weighted by molar-refractivity contribution is 5.96. The molecule has 1 atom stereocenters. The normalized spacial score (nSPS) is 11.8. The van der Waals surface area contributed by atoms with Crippen molar-refractivity contribution in [3.8, 4) is 17.2 Å². The van der Waals surface area contributed by atoms with Crippen LogP contribution in [0.15, 0.2) is 42.5 Å². The van der Waals surface area contributed by atoms with Gasteiger partial charge >= 0.3 is 0 Å². The summed E-state index contributed by atoms with van der Waals surface area (Å²) in [5.74, 6) is 1.71. The summed E-state index contributed by atoms with van der Waals surface area (Å²) in [4.78, 5) is 14.6. The van der Waals surface area contributed by atoms with E-state index < -0.39 is 0 Å². The van der Waals surface area contributed by atoms with E-state index in [1.54, 1.807) is 33.5 Å². The number of amides is 1. The molecule has 6 heteroatoms. The monoisotopic (exact) mass is 358 g/mol. The zero-order valence-corrected chi connectivity index (χ0v) is 15.9. The van der Waals surface area contributed by atoms with E-state index in [1.165, 1.54) is 0 Å². The summed E-state index contributed by atoms with van der Waals surface area (Å²) in [6, 6.07) is 12.9. The van der Waals surface area contributed by atoms with Gasteiger partial charge in [0.1, 0.15) is 5.75 Å². The third kappa shape index (κ3) is 4.46. The second kappa shape index (κ2) is 9.10. The third-order valence-corrected chi connectivity index (χ3v) is 4.22. The lowest BCUT2D eigenvalue weighted by atomic mass is 10.0. The van der Waals surface area contributed by atoms with Gasteiger partial charge in [0.15, 0.2) is 11.5 Å². The minimum absolute atomic E-state index is 0.0199. The first-order chi connectivity index (χ1) is 12.5. The highest BCUT2D eigenvalue weighted by Gasteiger charge is 2.19. The Balaban J connectivity index is 2.17. The molecule has 0 aliphatic carbocycles. The van der Waals surface area contributed by atoms with Crippen LogP contribution in [-0.4, -0.2) is 52.8 Å². The predicted octanol–water partition coefficient (Wildman–Crippen LogP) is 2.75. The van der Waals surface area contributed by atoms with Crippen molar-refractivity contribution in [3.63, 3.8) is 0 Å². The summed E-state index contributed by atoms with van der Waals surface area (Å²) in [6.07, 6.45) is 0. The van der Waals surface area contributed by atoms with E-state index in [9.17, 15) is 4.79 Å². The Morgan fingerprint density at radius 3 is 2.23 bits per heavy atom.